The van der Waals surface area contributed by atoms with E-state index in [9.17, 15) is 0 Å². The van der Waals surface area contributed by atoms with Crippen LogP contribution in [0.15, 0.2) is 91.0 Å². The second-order valence-corrected chi connectivity index (χ2v) is 7.73. The monoisotopic (exact) mass is 376 g/mol. The van der Waals surface area contributed by atoms with E-state index in [0.29, 0.717) is 0 Å². The van der Waals surface area contributed by atoms with Crippen LogP contribution in [0.4, 0.5) is 11.4 Å². The van der Waals surface area contributed by atoms with Gasteiger partial charge in [0.1, 0.15) is 0 Å². The molecule has 142 valence electrons. The molecule has 0 bridgehead atoms. The van der Waals surface area contributed by atoms with Gasteiger partial charge in [0.25, 0.3) is 0 Å². The van der Waals surface area contributed by atoms with Crippen LogP contribution in [0, 0.1) is 0 Å². The van der Waals surface area contributed by atoms with E-state index >= 15 is 0 Å². The molecule has 0 atom stereocenters. The number of aryl methyl sites for hydroxylation is 1. The van der Waals surface area contributed by atoms with Crippen LogP contribution in [0.2, 0.25) is 0 Å². The molecule has 0 aromatic heterocycles. The number of hydrogen-bond acceptors (Lipinski definition) is 2. The van der Waals surface area contributed by atoms with Gasteiger partial charge in [0.2, 0.25) is 0 Å². The summed E-state index contributed by atoms with van der Waals surface area (Å²) >= 11 is 0. The van der Waals surface area contributed by atoms with Crippen molar-refractivity contribution in [3.05, 3.63) is 119 Å². The quantitative estimate of drug-likeness (QED) is 0.392. The maximum Gasteiger partial charge on any atom is 0.0713 e. The molecule has 4 aromatic carbocycles. The van der Waals surface area contributed by atoms with Gasteiger partial charge in [0.15, 0.2) is 0 Å². The van der Waals surface area contributed by atoms with Crippen LogP contribution in [-0.2, 0) is 11.8 Å². The van der Waals surface area contributed by atoms with Crippen LogP contribution in [0.1, 0.15) is 34.7 Å². The Kier molecular flexibility index (Phi) is 3.95. The number of nitrogen functional groups attached to an aromatic ring is 2. The highest BCUT2D eigenvalue weighted by molar-refractivity contribution is 5.88. The first-order valence-electron chi connectivity index (χ1n) is 10.1. The second-order valence-electron chi connectivity index (χ2n) is 7.73. The molecule has 2 heteroatoms. The van der Waals surface area contributed by atoms with Crippen molar-refractivity contribution in [1.29, 1.82) is 0 Å². The van der Waals surface area contributed by atoms with E-state index in [1.54, 1.807) is 0 Å². The molecule has 0 unspecified atom stereocenters. The van der Waals surface area contributed by atoms with Gasteiger partial charge in [-0.3, -0.25) is 0 Å². The summed E-state index contributed by atoms with van der Waals surface area (Å²) in [6, 6.07) is 32.2. The Labute approximate surface area is 171 Å². The minimum Gasteiger partial charge on any atom is -0.399 e. The lowest BCUT2D eigenvalue weighted by Gasteiger charge is -2.34. The van der Waals surface area contributed by atoms with Gasteiger partial charge in [-0.15, -0.1) is 0 Å². The Morgan fingerprint density at radius 1 is 0.621 bits per heavy atom. The van der Waals surface area contributed by atoms with E-state index < -0.39 is 5.41 Å². The van der Waals surface area contributed by atoms with E-state index in [-0.39, 0.29) is 0 Å². The standard InChI is InChI=1S/C27H24N2/c1-2-18-6-5-9-25-26(18)23-7-3-4-8-24(23)27(25,19-10-14-21(28)15-11-19)20-12-16-22(29)17-13-20/h3-17H,2,28-29H2,1H3. The molecule has 5 rings (SSSR count). The van der Waals surface area contributed by atoms with E-state index in [0.717, 1.165) is 17.8 Å². The van der Waals surface area contributed by atoms with E-state index in [2.05, 4.69) is 73.7 Å². The van der Waals surface area contributed by atoms with Crippen molar-refractivity contribution in [2.24, 2.45) is 0 Å². The average molecular weight is 377 g/mol. The topological polar surface area (TPSA) is 52.0 Å². The summed E-state index contributed by atoms with van der Waals surface area (Å²) in [4.78, 5) is 0. The molecular formula is C27H24N2. The zero-order valence-corrected chi connectivity index (χ0v) is 16.5. The van der Waals surface area contributed by atoms with Crippen LogP contribution >= 0.6 is 0 Å². The number of benzene rings is 4. The Morgan fingerprint density at radius 2 is 1.17 bits per heavy atom. The number of fused-ring (bicyclic) bond motifs is 3. The molecule has 4 aromatic rings. The van der Waals surface area contributed by atoms with Crippen LogP contribution in [0.25, 0.3) is 11.1 Å². The molecule has 0 radical (unpaired) electrons. The van der Waals surface area contributed by atoms with E-state index in [4.69, 9.17) is 11.5 Å². The van der Waals surface area contributed by atoms with Crippen molar-refractivity contribution >= 4 is 11.4 Å². The van der Waals surface area contributed by atoms with Crippen molar-refractivity contribution < 1.29 is 0 Å². The summed E-state index contributed by atoms with van der Waals surface area (Å²) in [5.41, 5.74) is 22.4. The molecule has 0 fully saturated rings. The molecule has 1 aliphatic carbocycles. The highest BCUT2D eigenvalue weighted by atomic mass is 14.6. The molecule has 1 aliphatic rings. The molecule has 0 saturated carbocycles. The maximum absolute atomic E-state index is 6.05. The third kappa shape index (κ3) is 2.42. The Morgan fingerprint density at radius 3 is 1.76 bits per heavy atom. The Bertz CT molecular complexity index is 1140. The Hall–Kier alpha value is -3.52. The number of rotatable bonds is 3. The van der Waals surface area contributed by atoms with Crippen molar-refractivity contribution in [3.8, 4) is 11.1 Å². The Balaban J connectivity index is 1.96. The van der Waals surface area contributed by atoms with Crippen LogP contribution in [0.3, 0.4) is 0 Å². The van der Waals surface area contributed by atoms with Crippen molar-refractivity contribution in [2.45, 2.75) is 18.8 Å². The summed E-state index contributed by atoms with van der Waals surface area (Å²) in [5.74, 6) is 0. The number of hydrogen-bond donors (Lipinski definition) is 2. The first-order chi connectivity index (χ1) is 14.2. The third-order valence-electron chi connectivity index (χ3n) is 6.22. The van der Waals surface area contributed by atoms with Gasteiger partial charge in [0, 0.05) is 11.4 Å². The molecular weight excluding hydrogens is 352 g/mol. The SMILES string of the molecule is CCc1cccc2c1-c1ccccc1C2(c1ccc(N)cc1)c1ccc(N)cc1. The summed E-state index contributed by atoms with van der Waals surface area (Å²) in [6.45, 7) is 2.23. The fourth-order valence-corrected chi connectivity index (χ4v) is 4.95. The average Bonchev–Trinajstić information content (AvgIpc) is 3.06. The smallest absolute Gasteiger partial charge is 0.0713 e. The molecule has 0 spiro atoms. The molecule has 2 nitrogen and oxygen atoms in total. The van der Waals surface area contributed by atoms with E-state index in [1.807, 2.05) is 24.3 Å². The predicted molar refractivity (Wildman–Crippen MR) is 122 cm³/mol. The summed E-state index contributed by atoms with van der Waals surface area (Å²) in [5, 5.41) is 0. The first-order valence-corrected chi connectivity index (χ1v) is 10.1. The predicted octanol–water partition coefficient (Wildman–Crippen LogP) is 5.78. The zero-order valence-electron chi connectivity index (χ0n) is 16.5. The molecule has 0 aliphatic heterocycles. The normalized spacial score (nSPS) is 13.7. The zero-order chi connectivity index (χ0) is 20.0. The minimum absolute atomic E-state index is 0.390. The van der Waals surface area contributed by atoms with Gasteiger partial charge in [0.05, 0.1) is 5.41 Å². The van der Waals surface area contributed by atoms with Gasteiger partial charge in [-0.25, -0.2) is 0 Å². The highest BCUT2D eigenvalue weighted by Crippen LogP contribution is 2.57. The van der Waals surface area contributed by atoms with Gasteiger partial charge >= 0.3 is 0 Å². The molecule has 29 heavy (non-hydrogen) atoms. The first kappa shape index (κ1) is 17.6. The highest BCUT2D eigenvalue weighted by Gasteiger charge is 2.46. The summed E-state index contributed by atoms with van der Waals surface area (Å²) in [7, 11) is 0. The van der Waals surface area contributed by atoms with Crippen LogP contribution in [0.5, 0.6) is 0 Å². The van der Waals surface area contributed by atoms with Gasteiger partial charge in [-0.1, -0.05) is 73.7 Å². The van der Waals surface area contributed by atoms with Crippen molar-refractivity contribution in [1.82, 2.24) is 0 Å². The maximum atomic E-state index is 6.05. The van der Waals surface area contributed by atoms with Crippen molar-refractivity contribution in [3.63, 3.8) is 0 Å². The van der Waals surface area contributed by atoms with Crippen LogP contribution < -0.4 is 11.5 Å². The number of nitrogens with two attached hydrogens (primary N) is 2. The summed E-state index contributed by atoms with van der Waals surface area (Å²) < 4.78 is 0. The lowest BCUT2D eigenvalue weighted by Crippen LogP contribution is -2.28. The fourth-order valence-electron chi connectivity index (χ4n) is 4.95. The fraction of sp³-hybridized carbons (Fsp3) is 0.111. The molecule has 4 N–H and O–H groups in total. The lowest BCUT2D eigenvalue weighted by atomic mass is 9.67. The second kappa shape index (κ2) is 6.52. The lowest BCUT2D eigenvalue weighted by molar-refractivity contribution is 0.768. The molecule has 0 heterocycles. The number of anilines is 2. The summed E-state index contributed by atoms with van der Waals surface area (Å²) in [6.07, 6.45) is 0.997. The van der Waals surface area contributed by atoms with Gasteiger partial charge in [-0.05, 0) is 69.6 Å². The third-order valence-corrected chi connectivity index (χ3v) is 6.22. The van der Waals surface area contributed by atoms with E-state index in [1.165, 1.54) is 38.9 Å². The van der Waals surface area contributed by atoms with Gasteiger partial charge in [-0.2, -0.15) is 0 Å². The van der Waals surface area contributed by atoms with Crippen LogP contribution in [-0.4, -0.2) is 0 Å². The molecule has 0 amide bonds. The molecule has 0 saturated heterocycles. The van der Waals surface area contributed by atoms with Crippen molar-refractivity contribution in [2.75, 3.05) is 11.5 Å². The van der Waals surface area contributed by atoms with Gasteiger partial charge < -0.3 is 11.5 Å². The minimum atomic E-state index is -0.390. The largest absolute Gasteiger partial charge is 0.399 e.